The van der Waals surface area contributed by atoms with Crippen molar-refractivity contribution in [1.29, 1.82) is 0 Å². The Balaban J connectivity index is 3.26. The van der Waals surface area contributed by atoms with Crippen molar-refractivity contribution in [2.24, 2.45) is 0 Å². The van der Waals surface area contributed by atoms with Gasteiger partial charge in [-0.25, -0.2) is 13.1 Å². The minimum absolute atomic E-state index is 0.0798. The molecule has 1 aromatic carbocycles. The fourth-order valence-corrected chi connectivity index (χ4v) is 2.98. The van der Waals surface area contributed by atoms with Gasteiger partial charge in [0, 0.05) is 22.1 Å². The number of sulfonamides is 1. The lowest BCUT2D eigenvalue weighted by Crippen LogP contribution is -2.25. The Morgan fingerprint density at radius 1 is 1.56 bits per heavy atom. The third kappa shape index (κ3) is 3.77. The summed E-state index contributed by atoms with van der Waals surface area (Å²) < 4.78 is 26.3. The first-order valence-corrected chi connectivity index (χ1v) is 7.16. The van der Waals surface area contributed by atoms with E-state index >= 15 is 0 Å². The number of hydrogen-bond donors (Lipinski definition) is 1. The highest BCUT2D eigenvalue weighted by molar-refractivity contribution is 9.10. The lowest BCUT2D eigenvalue weighted by atomic mass is 10.3. The van der Waals surface area contributed by atoms with Gasteiger partial charge in [0.25, 0.3) is 5.69 Å². The Morgan fingerprint density at radius 2 is 2.17 bits per heavy atom. The molecule has 18 heavy (non-hydrogen) atoms. The molecule has 0 saturated carbocycles. The lowest BCUT2D eigenvalue weighted by Gasteiger charge is -2.06. The van der Waals surface area contributed by atoms with Gasteiger partial charge >= 0.3 is 0 Å². The standard InChI is InChI=1S/C9H8BrClN2O4S/c1-6(11)5-12-18(16,17)9-4-7(10)2-3-8(9)13(14)15/h2-4,12H,1,5H2. The van der Waals surface area contributed by atoms with Crippen molar-refractivity contribution in [3.05, 3.63) is 44.4 Å². The normalized spacial score (nSPS) is 11.2. The van der Waals surface area contributed by atoms with E-state index in [0.717, 1.165) is 12.1 Å². The highest BCUT2D eigenvalue weighted by Gasteiger charge is 2.25. The minimum atomic E-state index is -4.02. The lowest BCUT2D eigenvalue weighted by molar-refractivity contribution is -0.387. The molecule has 98 valence electrons. The summed E-state index contributed by atoms with van der Waals surface area (Å²) in [4.78, 5) is 9.57. The average molecular weight is 356 g/mol. The summed E-state index contributed by atoms with van der Waals surface area (Å²) in [6.07, 6.45) is 0. The van der Waals surface area contributed by atoms with Crippen LogP contribution in [-0.2, 0) is 10.0 Å². The molecule has 0 aliphatic carbocycles. The Kier molecular flexibility index (Phi) is 4.85. The van der Waals surface area contributed by atoms with Crippen molar-refractivity contribution in [1.82, 2.24) is 4.72 Å². The van der Waals surface area contributed by atoms with Crippen molar-refractivity contribution in [3.8, 4) is 0 Å². The molecule has 0 spiro atoms. The maximum Gasteiger partial charge on any atom is 0.289 e. The minimum Gasteiger partial charge on any atom is -0.258 e. The molecule has 0 fully saturated rings. The summed E-state index contributed by atoms with van der Waals surface area (Å²) in [6, 6.07) is 3.64. The molecule has 0 unspecified atom stereocenters. The van der Waals surface area contributed by atoms with Crippen LogP contribution in [0.3, 0.4) is 0 Å². The zero-order valence-corrected chi connectivity index (χ0v) is 12.0. The van der Waals surface area contributed by atoms with Gasteiger partial charge in [0.2, 0.25) is 10.0 Å². The number of hydrogen-bond acceptors (Lipinski definition) is 4. The summed E-state index contributed by atoms with van der Waals surface area (Å²) in [5, 5.41) is 10.9. The van der Waals surface area contributed by atoms with Crippen molar-refractivity contribution in [2.45, 2.75) is 4.90 Å². The van der Waals surface area contributed by atoms with Crippen LogP contribution in [0.4, 0.5) is 5.69 Å². The van der Waals surface area contributed by atoms with Crippen LogP contribution in [0, 0.1) is 10.1 Å². The molecule has 0 saturated heterocycles. The second-order valence-corrected chi connectivity index (χ2v) is 6.40. The van der Waals surface area contributed by atoms with Crippen molar-refractivity contribution in [2.75, 3.05) is 6.54 Å². The van der Waals surface area contributed by atoms with Crippen molar-refractivity contribution in [3.63, 3.8) is 0 Å². The van der Waals surface area contributed by atoms with E-state index < -0.39 is 25.5 Å². The van der Waals surface area contributed by atoms with Gasteiger partial charge in [0.05, 0.1) is 4.92 Å². The second-order valence-electron chi connectivity index (χ2n) is 3.21. The van der Waals surface area contributed by atoms with E-state index in [9.17, 15) is 18.5 Å². The van der Waals surface area contributed by atoms with E-state index in [1.54, 1.807) is 0 Å². The molecule has 0 radical (unpaired) electrons. The first-order valence-electron chi connectivity index (χ1n) is 4.51. The van der Waals surface area contributed by atoms with Crippen LogP contribution < -0.4 is 4.72 Å². The Bertz CT molecular complexity index is 603. The number of halogens is 2. The maximum absolute atomic E-state index is 11.9. The topological polar surface area (TPSA) is 89.3 Å². The van der Waals surface area contributed by atoms with Gasteiger partial charge in [-0.1, -0.05) is 34.1 Å². The first kappa shape index (κ1) is 15.1. The van der Waals surface area contributed by atoms with E-state index in [1.807, 2.05) is 0 Å². The molecule has 0 heterocycles. The molecule has 0 aliphatic heterocycles. The van der Waals surface area contributed by atoms with E-state index in [2.05, 4.69) is 27.2 Å². The zero-order chi connectivity index (χ0) is 13.9. The molecule has 9 heteroatoms. The zero-order valence-electron chi connectivity index (χ0n) is 8.89. The summed E-state index contributed by atoms with van der Waals surface area (Å²) in [6.45, 7) is 3.12. The maximum atomic E-state index is 11.9. The largest absolute Gasteiger partial charge is 0.289 e. The highest BCUT2D eigenvalue weighted by atomic mass is 79.9. The summed E-state index contributed by atoms with van der Waals surface area (Å²) in [7, 11) is -4.02. The molecule has 0 aromatic heterocycles. The predicted molar refractivity (Wildman–Crippen MR) is 71.0 cm³/mol. The first-order chi connectivity index (χ1) is 8.24. The fraction of sp³-hybridized carbons (Fsp3) is 0.111. The van der Waals surface area contributed by atoms with E-state index in [1.165, 1.54) is 6.07 Å². The molecule has 0 atom stereocenters. The van der Waals surface area contributed by atoms with E-state index in [0.29, 0.717) is 4.47 Å². The van der Waals surface area contributed by atoms with E-state index in [4.69, 9.17) is 11.6 Å². The number of nitrogens with one attached hydrogen (secondary N) is 1. The number of nitro benzene ring substituents is 1. The third-order valence-corrected chi connectivity index (χ3v) is 3.92. The second kappa shape index (κ2) is 5.79. The molecule has 0 aliphatic rings. The number of rotatable bonds is 5. The molecule has 1 rings (SSSR count). The monoisotopic (exact) mass is 354 g/mol. The Morgan fingerprint density at radius 3 is 2.67 bits per heavy atom. The van der Waals surface area contributed by atoms with E-state index in [-0.39, 0.29) is 11.6 Å². The van der Waals surface area contributed by atoms with Crippen LogP contribution in [-0.4, -0.2) is 19.9 Å². The number of benzene rings is 1. The quantitative estimate of drug-likeness (QED) is 0.648. The van der Waals surface area contributed by atoms with Crippen LogP contribution in [0.5, 0.6) is 0 Å². The van der Waals surface area contributed by atoms with Gasteiger partial charge in [-0.05, 0) is 12.1 Å². The molecule has 0 amide bonds. The van der Waals surface area contributed by atoms with Crippen molar-refractivity contribution < 1.29 is 13.3 Å². The van der Waals surface area contributed by atoms with Gasteiger partial charge < -0.3 is 0 Å². The van der Waals surface area contributed by atoms with Crippen LogP contribution in [0.2, 0.25) is 0 Å². The van der Waals surface area contributed by atoms with Gasteiger partial charge in [-0.15, -0.1) is 0 Å². The molecule has 6 nitrogen and oxygen atoms in total. The Hall–Kier alpha value is -0.960. The highest BCUT2D eigenvalue weighted by Crippen LogP contribution is 2.27. The van der Waals surface area contributed by atoms with Crippen molar-refractivity contribution >= 4 is 43.2 Å². The van der Waals surface area contributed by atoms with Gasteiger partial charge in [0.15, 0.2) is 4.90 Å². The van der Waals surface area contributed by atoms with Crippen LogP contribution in [0.15, 0.2) is 39.2 Å². The molecule has 0 bridgehead atoms. The summed E-state index contributed by atoms with van der Waals surface area (Å²) in [5.74, 6) is 0. The van der Waals surface area contributed by atoms with Gasteiger partial charge in [-0.3, -0.25) is 10.1 Å². The average Bonchev–Trinajstić information content (AvgIpc) is 2.26. The molecular weight excluding hydrogens is 348 g/mol. The predicted octanol–water partition coefficient (Wildman–Crippen LogP) is 2.39. The van der Waals surface area contributed by atoms with Gasteiger partial charge in [-0.2, -0.15) is 0 Å². The summed E-state index contributed by atoms with van der Waals surface area (Å²) in [5.41, 5.74) is -0.508. The van der Waals surface area contributed by atoms with Crippen LogP contribution in [0.25, 0.3) is 0 Å². The third-order valence-electron chi connectivity index (χ3n) is 1.86. The molecule has 1 N–H and O–H groups in total. The van der Waals surface area contributed by atoms with Crippen LogP contribution >= 0.6 is 27.5 Å². The smallest absolute Gasteiger partial charge is 0.258 e. The summed E-state index contributed by atoms with van der Waals surface area (Å²) >= 11 is 8.50. The van der Waals surface area contributed by atoms with Crippen LogP contribution in [0.1, 0.15) is 0 Å². The Labute approximate surface area is 117 Å². The number of nitro groups is 1. The molecular formula is C9H8BrClN2O4S. The number of nitrogens with zero attached hydrogens (tertiary/aromatic N) is 1. The molecule has 1 aromatic rings. The fourth-order valence-electron chi connectivity index (χ4n) is 1.11. The SMILES string of the molecule is C=C(Cl)CNS(=O)(=O)c1cc(Br)ccc1[N+](=O)[O-]. The van der Waals surface area contributed by atoms with Gasteiger partial charge in [0.1, 0.15) is 0 Å².